The minimum atomic E-state index is -0.750. The van der Waals surface area contributed by atoms with E-state index in [2.05, 4.69) is 299 Å². The number of rotatable bonds is 8. The van der Waals surface area contributed by atoms with Gasteiger partial charge in [0.25, 0.3) is 0 Å². The number of benzene rings is 9. The fourth-order valence-corrected chi connectivity index (χ4v) is 11.5. The topological polar surface area (TPSA) is 19.6 Å². The van der Waals surface area contributed by atoms with Crippen LogP contribution in [0.25, 0.3) is 33.1 Å². The number of hydrogen-bond donors (Lipinski definition) is 0. The molecule has 3 nitrogen and oxygen atoms in total. The molecule has 0 saturated heterocycles. The number of hydrogen-bond acceptors (Lipinski definition) is 3. The molecule has 0 N–H and O–H groups in total. The smallest absolute Gasteiger partial charge is 0.160 e. The zero-order valence-corrected chi connectivity index (χ0v) is 45.4. The van der Waals surface area contributed by atoms with Crippen molar-refractivity contribution in [3.8, 4) is 11.1 Å². The number of para-hydroxylation sites is 1. The van der Waals surface area contributed by atoms with E-state index in [1.807, 2.05) is 0 Å². The van der Waals surface area contributed by atoms with E-state index >= 15 is 0 Å². The standard InChI is InChI=1S/C71H70N2O/c1-67(2,3)47-27-35-53(36-28-47)72(54-37-29-48(30-38-54)68(4,5)6)57-43-44-58-60(45-57)71(51-21-15-13-16-22-51,52-23-17-14-18-24-52)61-46-62(66-65(64(58)61)59-25-19-20-26-63(59)74-66)73(55-39-31-49(32-40-55)69(7,8)9)56-41-33-50(34-42-56)70(10,11)12/h13-46H,1-12H3. The summed E-state index contributed by atoms with van der Waals surface area (Å²) in [6.07, 6.45) is 0. The van der Waals surface area contributed by atoms with Crippen LogP contribution in [0.5, 0.6) is 0 Å². The van der Waals surface area contributed by atoms with Gasteiger partial charge in [-0.05, 0) is 150 Å². The van der Waals surface area contributed by atoms with Crippen molar-refractivity contribution in [1.82, 2.24) is 0 Å². The number of fused-ring (bicyclic) bond motifs is 7. The second-order valence-corrected chi connectivity index (χ2v) is 24.7. The number of anilines is 6. The summed E-state index contributed by atoms with van der Waals surface area (Å²) in [5.41, 5.74) is 19.9. The largest absolute Gasteiger partial charge is 0.454 e. The summed E-state index contributed by atoms with van der Waals surface area (Å²) >= 11 is 0. The molecule has 1 aliphatic rings. The van der Waals surface area contributed by atoms with Crippen molar-refractivity contribution in [3.63, 3.8) is 0 Å². The highest BCUT2D eigenvalue weighted by Gasteiger charge is 2.48. The zero-order chi connectivity index (χ0) is 52.0. The third kappa shape index (κ3) is 8.31. The molecule has 370 valence electrons. The van der Waals surface area contributed by atoms with Crippen molar-refractivity contribution >= 4 is 56.1 Å². The maximum absolute atomic E-state index is 7.28. The summed E-state index contributed by atoms with van der Waals surface area (Å²) in [5, 5.41) is 2.21. The Bertz CT molecular complexity index is 3490. The molecule has 10 aromatic rings. The molecule has 1 heterocycles. The van der Waals surface area contributed by atoms with Crippen molar-refractivity contribution in [3.05, 3.63) is 251 Å². The molecule has 0 bridgehead atoms. The van der Waals surface area contributed by atoms with Gasteiger partial charge in [0.05, 0.1) is 11.1 Å². The van der Waals surface area contributed by atoms with E-state index < -0.39 is 5.41 Å². The first-order valence-electron chi connectivity index (χ1n) is 26.5. The molecule has 74 heavy (non-hydrogen) atoms. The van der Waals surface area contributed by atoms with E-state index in [-0.39, 0.29) is 21.7 Å². The lowest BCUT2D eigenvalue weighted by Crippen LogP contribution is -2.29. The van der Waals surface area contributed by atoms with Gasteiger partial charge < -0.3 is 14.2 Å². The predicted molar refractivity (Wildman–Crippen MR) is 315 cm³/mol. The minimum absolute atomic E-state index is 0.00573. The van der Waals surface area contributed by atoms with Crippen molar-refractivity contribution in [2.75, 3.05) is 9.80 Å². The van der Waals surface area contributed by atoms with Crippen LogP contribution in [-0.4, -0.2) is 0 Å². The average molecular weight is 967 g/mol. The van der Waals surface area contributed by atoms with Crippen LogP contribution >= 0.6 is 0 Å². The van der Waals surface area contributed by atoms with Gasteiger partial charge in [0.2, 0.25) is 0 Å². The Kier molecular flexibility index (Phi) is 11.7. The molecule has 0 spiro atoms. The predicted octanol–water partition coefficient (Wildman–Crippen LogP) is 20.1. The Morgan fingerprint density at radius 2 is 0.730 bits per heavy atom. The van der Waals surface area contributed by atoms with E-state index in [0.717, 1.165) is 56.1 Å². The zero-order valence-electron chi connectivity index (χ0n) is 45.4. The van der Waals surface area contributed by atoms with Crippen LogP contribution in [0.3, 0.4) is 0 Å². The molecule has 0 unspecified atom stereocenters. The molecule has 9 aromatic carbocycles. The van der Waals surface area contributed by atoms with Crippen LogP contribution in [0.4, 0.5) is 34.1 Å². The molecule has 1 aromatic heterocycles. The summed E-state index contributed by atoms with van der Waals surface area (Å²) in [6.45, 7) is 27.4. The molecule has 0 amide bonds. The Labute approximate surface area is 440 Å². The van der Waals surface area contributed by atoms with Gasteiger partial charge in [-0.15, -0.1) is 0 Å². The van der Waals surface area contributed by atoms with E-state index in [4.69, 9.17) is 4.42 Å². The van der Waals surface area contributed by atoms with E-state index in [9.17, 15) is 0 Å². The van der Waals surface area contributed by atoms with Crippen LogP contribution in [0.1, 0.15) is 128 Å². The molecule has 0 aliphatic heterocycles. The summed E-state index contributed by atoms with van der Waals surface area (Å²) in [6, 6.07) is 77.5. The lowest BCUT2D eigenvalue weighted by molar-refractivity contribution is 0.590. The van der Waals surface area contributed by atoms with Crippen molar-refractivity contribution in [2.45, 2.75) is 110 Å². The molecule has 3 heteroatoms. The molecular weight excluding hydrogens is 897 g/mol. The van der Waals surface area contributed by atoms with Gasteiger partial charge in [-0.2, -0.15) is 0 Å². The highest BCUT2D eigenvalue weighted by atomic mass is 16.3. The lowest BCUT2D eigenvalue weighted by Gasteiger charge is -2.36. The average Bonchev–Trinajstić information content (AvgIpc) is 3.91. The Hall–Kier alpha value is -7.62. The fraction of sp³-hybridized carbons (Fsp3) is 0.239. The Morgan fingerprint density at radius 3 is 1.15 bits per heavy atom. The van der Waals surface area contributed by atoms with Gasteiger partial charge in [-0.3, -0.25) is 0 Å². The van der Waals surface area contributed by atoms with Crippen LogP contribution in [0, 0.1) is 0 Å². The third-order valence-electron chi connectivity index (χ3n) is 15.6. The van der Waals surface area contributed by atoms with Crippen LogP contribution in [0.2, 0.25) is 0 Å². The molecule has 1 aliphatic carbocycles. The van der Waals surface area contributed by atoms with E-state index in [1.54, 1.807) is 0 Å². The molecule has 0 atom stereocenters. The maximum Gasteiger partial charge on any atom is 0.160 e. The summed E-state index contributed by atoms with van der Waals surface area (Å²) in [5.74, 6) is 0. The first kappa shape index (κ1) is 48.6. The van der Waals surface area contributed by atoms with Gasteiger partial charge in [0, 0.05) is 39.2 Å². The Balaban J connectivity index is 1.25. The van der Waals surface area contributed by atoms with Gasteiger partial charge >= 0.3 is 0 Å². The summed E-state index contributed by atoms with van der Waals surface area (Å²) in [7, 11) is 0. The van der Waals surface area contributed by atoms with Crippen LogP contribution in [-0.2, 0) is 27.1 Å². The molecule has 0 fully saturated rings. The lowest BCUT2D eigenvalue weighted by atomic mass is 9.67. The van der Waals surface area contributed by atoms with Gasteiger partial charge in [0.1, 0.15) is 5.58 Å². The third-order valence-corrected chi connectivity index (χ3v) is 15.6. The quantitative estimate of drug-likeness (QED) is 0.151. The molecule has 11 rings (SSSR count). The molecule has 0 radical (unpaired) electrons. The van der Waals surface area contributed by atoms with Gasteiger partial charge in [0.15, 0.2) is 5.58 Å². The summed E-state index contributed by atoms with van der Waals surface area (Å²) < 4.78 is 7.28. The van der Waals surface area contributed by atoms with Gasteiger partial charge in [-0.1, -0.05) is 217 Å². The number of furan rings is 1. The first-order valence-corrected chi connectivity index (χ1v) is 26.5. The van der Waals surface area contributed by atoms with Crippen LogP contribution < -0.4 is 9.80 Å². The minimum Gasteiger partial charge on any atom is -0.454 e. The summed E-state index contributed by atoms with van der Waals surface area (Å²) in [4.78, 5) is 4.88. The highest BCUT2D eigenvalue weighted by Crippen LogP contribution is 2.62. The number of nitrogens with zero attached hydrogens (tertiary/aromatic N) is 2. The van der Waals surface area contributed by atoms with Crippen molar-refractivity contribution in [2.24, 2.45) is 0 Å². The normalized spacial score (nSPS) is 13.5. The van der Waals surface area contributed by atoms with Crippen molar-refractivity contribution < 1.29 is 4.42 Å². The van der Waals surface area contributed by atoms with E-state index in [0.29, 0.717) is 0 Å². The highest BCUT2D eigenvalue weighted by molar-refractivity contribution is 6.20. The monoisotopic (exact) mass is 967 g/mol. The second kappa shape index (κ2) is 17.8. The van der Waals surface area contributed by atoms with Crippen LogP contribution in [0.15, 0.2) is 211 Å². The fourth-order valence-electron chi connectivity index (χ4n) is 11.5. The second-order valence-electron chi connectivity index (χ2n) is 24.7. The van der Waals surface area contributed by atoms with Crippen molar-refractivity contribution in [1.29, 1.82) is 0 Å². The Morgan fingerprint density at radius 1 is 0.351 bits per heavy atom. The molecule has 0 saturated carbocycles. The first-order chi connectivity index (χ1) is 35.2. The van der Waals surface area contributed by atoms with E-state index in [1.165, 1.54) is 55.6 Å². The SMILES string of the molecule is CC(C)(C)c1ccc(N(c2ccc(C(C)(C)C)cc2)c2ccc3c(c2)C(c2ccccc2)(c2ccccc2)c2cc(N(c4ccc(C(C)(C)C)cc4)c4ccc(C(C)(C)C)cc4)c4oc5ccccc5c4c2-3)cc1. The molecular formula is C71H70N2O. The maximum atomic E-state index is 7.28. The van der Waals surface area contributed by atoms with Gasteiger partial charge in [-0.25, -0.2) is 0 Å².